The van der Waals surface area contributed by atoms with Crippen LogP contribution in [0.3, 0.4) is 0 Å². The molecule has 1 aromatic rings. The fourth-order valence-electron chi connectivity index (χ4n) is 2.06. The Morgan fingerprint density at radius 1 is 1.17 bits per heavy atom. The molecule has 0 aliphatic carbocycles. The van der Waals surface area contributed by atoms with E-state index >= 15 is 0 Å². The molecule has 0 bridgehead atoms. The number of benzene rings is 1. The largest absolute Gasteiger partial charge is 0.310 e. The molecule has 1 N–H and O–H groups in total. The maximum atomic E-state index is 3.70. The van der Waals surface area contributed by atoms with Crippen molar-refractivity contribution in [2.45, 2.75) is 46.6 Å². The van der Waals surface area contributed by atoms with Crippen LogP contribution in [0.15, 0.2) is 21.1 Å². The molecule has 0 saturated heterocycles. The zero-order chi connectivity index (χ0) is 13.7. The monoisotopic (exact) mass is 375 g/mol. The van der Waals surface area contributed by atoms with Crippen molar-refractivity contribution < 1.29 is 0 Å². The Morgan fingerprint density at radius 3 is 2.39 bits per heavy atom. The summed E-state index contributed by atoms with van der Waals surface area (Å²) in [5.74, 6) is 0.737. The molecule has 0 aromatic heterocycles. The number of nitrogens with one attached hydrogen (secondary N) is 1. The highest BCUT2D eigenvalue weighted by atomic mass is 79.9. The molecule has 102 valence electrons. The van der Waals surface area contributed by atoms with Crippen molar-refractivity contribution in [1.82, 2.24) is 5.32 Å². The van der Waals surface area contributed by atoms with Gasteiger partial charge in [0.1, 0.15) is 0 Å². The molecule has 3 heteroatoms. The summed E-state index contributed by atoms with van der Waals surface area (Å²) in [4.78, 5) is 0. The molecule has 18 heavy (non-hydrogen) atoms. The zero-order valence-corrected chi connectivity index (χ0v) is 14.9. The van der Waals surface area contributed by atoms with Gasteiger partial charge in [-0.1, -0.05) is 59.1 Å². The minimum Gasteiger partial charge on any atom is -0.310 e. The van der Waals surface area contributed by atoms with Crippen LogP contribution in [-0.2, 0) is 0 Å². The molecule has 2 unspecified atom stereocenters. The summed E-state index contributed by atoms with van der Waals surface area (Å²) >= 11 is 7.34. The van der Waals surface area contributed by atoms with Crippen LogP contribution in [0.1, 0.15) is 50.8 Å². The van der Waals surface area contributed by atoms with Gasteiger partial charge in [0, 0.05) is 15.0 Å². The highest BCUT2D eigenvalue weighted by molar-refractivity contribution is 9.11. The van der Waals surface area contributed by atoms with Gasteiger partial charge in [-0.05, 0) is 49.1 Å². The van der Waals surface area contributed by atoms with E-state index in [-0.39, 0.29) is 0 Å². The third kappa shape index (κ3) is 4.36. The number of aryl methyl sites for hydroxylation is 1. The highest BCUT2D eigenvalue weighted by Gasteiger charge is 2.17. The number of halogens is 2. The maximum Gasteiger partial charge on any atom is 0.0334 e. The van der Waals surface area contributed by atoms with Gasteiger partial charge in [-0.3, -0.25) is 0 Å². The summed E-state index contributed by atoms with van der Waals surface area (Å²) in [5, 5.41) is 3.60. The topological polar surface area (TPSA) is 12.0 Å². The first-order chi connectivity index (χ1) is 8.49. The summed E-state index contributed by atoms with van der Waals surface area (Å²) in [5.41, 5.74) is 2.62. The summed E-state index contributed by atoms with van der Waals surface area (Å²) in [6.45, 7) is 9.87. The van der Waals surface area contributed by atoms with E-state index in [1.165, 1.54) is 32.9 Å². The zero-order valence-electron chi connectivity index (χ0n) is 11.7. The second kappa shape index (κ2) is 7.66. The molecule has 0 radical (unpaired) electrons. The van der Waals surface area contributed by atoms with Crippen LogP contribution in [0.5, 0.6) is 0 Å². The third-order valence-corrected chi connectivity index (χ3v) is 4.98. The van der Waals surface area contributed by atoms with E-state index in [0.29, 0.717) is 6.04 Å². The van der Waals surface area contributed by atoms with Crippen LogP contribution in [0.4, 0.5) is 0 Å². The molecule has 0 fully saturated rings. The lowest BCUT2D eigenvalue weighted by Crippen LogP contribution is -2.23. The minimum atomic E-state index is 0.427. The molecule has 1 rings (SSSR count). The first kappa shape index (κ1) is 16.2. The van der Waals surface area contributed by atoms with Gasteiger partial charge >= 0.3 is 0 Å². The van der Waals surface area contributed by atoms with Crippen LogP contribution in [0.2, 0.25) is 0 Å². The number of rotatable bonds is 6. The molecule has 0 amide bonds. The SMILES string of the molecule is CCNC(CC(C)CC)c1cc(Br)c(C)cc1Br. The van der Waals surface area contributed by atoms with Gasteiger partial charge in [0.15, 0.2) is 0 Å². The fourth-order valence-corrected chi connectivity index (χ4v) is 3.16. The molecular formula is C15H23Br2N. The van der Waals surface area contributed by atoms with Crippen LogP contribution < -0.4 is 5.32 Å². The second-order valence-electron chi connectivity index (χ2n) is 4.98. The summed E-state index contributed by atoms with van der Waals surface area (Å²) < 4.78 is 2.39. The van der Waals surface area contributed by atoms with Crippen molar-refractivity contribution in [3.05, 3.63) is 32.2 Å². The Labute approximate surface area is 128 Å². The van der Waals surface area contributed by atoms with Gasteiger partial charge < -0.3 is 5.32 Å². The van der Waals surface area contributed by atoms with E-state index in [2.05, 4.69) is 77.0 Å². The van der Waals surface area contributed by atoms with E-state index in [9.17, 15) is 0 Å². The normalized spacial score (nSPS) is 14.6. The molecule has 0 saturated carbocycles. The van der Waals surface area contributed by atoms with E-state index in [1.807, 2.05) is 0 Å². The van der Waals surface area contributed by atoms with E-state index in [0.717, 1.165) is 12.5 Å². The number of hydrogen-bond donors (Lipinski definition) is 1. The van der Waals surface area contributed by atoms with Gasteiger partial charge in [0.05, 0.1) is 0 Å². The lowest BCUT2D eigenvalue weighted by atomic mass is 9.94. The van der Waals surface area contributed by atoms with Gasteiger partial charge in [0.25, 0.3) is 0 Å². The Balaban J connectivity index is 3.01. The Kier molecular flexibility index (Phi) is 6.89. The average molecular weight is 377 g/mol. The lowest BCUT2D eigenvalue weighted by Gasteiger charge is -2.23. The third-order valence-electron chi connectivity index (χ3n) is 3.44. The molecule has 1 aromatic carbocycles. The Bertz CT molecular complexity index is 390. The minimum absolute atomic E-state index is 0.427. The summed E-state index contributed by atoms with van der Waals surface area (Å²) in [6.07, 6.45) is 2.41. The van der Waals surface area contributed by atoms with Gasteiger partial charge in [-0.25, -0.2) is 0 Å². The molecule has 0 aliphatic heterocycles. The van der Waals surface area contributed by atoms with E-state index in [4.69, 9.17) is 0 Å². The van der Waals surface area contributed by atoms with E-state index in [1.54, 1.807) is 0 Å². The van der Waals surface area contributed by atoms with Crippen molar-refractivity contribution >= 4 is 31.9 Å². The molecule has 0 heterocycles. The average Bonchev–Trinajstić information content (AvgIpc) is 2.33. The lowest BCUT2D eigenvalue weighted by molar-refractivity contribution is 0.407. The van der Waals surface area contributed by atoms with E-state index < -0.39 is 0 Å². The quantitative estimate of drug-likeness (QED) is 0.680. The first-order valence-electron chi connectivity index (χ1n) is 6.68. The van der Waals surface area contributed by atoms with Crippen molar-refractivity contribution in [2.75, 3.05) is 6.54 Å². The van der Waals surface area contributed by atoms with Crippen LogP contribution in [-0.4, -0.2) is 6.54 Å². The summed E-state index contributed by atoms with van der Waals surface area (Å²) in [7, 11) is 0. The van der Waals surface area contributed by atoms with Crippen LogP contribution >= 0.6 is 31.9 Å². The van der Waals surface area contributed by atoms with Crippen LogP contribution in [0.25, 0.3) is 0 Å². The highest BCUT2D eigenvalue weighted by Crippen LogP contribution is 2.33. The van der Waals surface area contributed by atoms with Crippen molar-refractivity contribution in [1.29, 1.82) is 0 Å². The van der Waals surface area contributed by atoms with Gasteiger partial charge in [-0.15, -0.1) is 0 Å². The molecular weight excluding hydrogens is 354 g/mol. The number of hydrogen-bond acceptors (Lipinski definition) is 1. The maximum absolute atomic E-state index is 3.70. The Morgan fingerprint density at radius 2 is 1.83 bits per heavy atom. The molecule has 2 atom stereocenters. The first-order valence-corrected chi connectivity index (χ1v) is 8.27. The molecule has 0 aliphatic rings. The van der Waals surface area contributed by atoms with Crippen molar-refractivity contribution in [3.63, 3.8) is 0 Å². The summed E-state index contributed by atoms with van der Waals surface area (Å²) in [6, 6.07) is 4.87. The standard InChI is InChI=1S/C15H23Br2N/c1-5-10(3)7-15(18-6-2)12-9-13(16)11(4)8-14(12)17/h8-10,15,18H,5-7H2,1-4H3. The molecule has 0 spiro atoms. The second-order valence-corrected chi connectivity index (χ2v) is 6.69. The fraction of sp³-hybridized carbons (Fsp3) is 0.600. The van der Waals surface area contributed by atoms with Gasteiger partial charge in [0.2, 0.25) is 0 Å². The molecule has 1 nitrogen and oxygen atoms in total. The van der Waals surface area contributed by atoms with Crippen LogP contribution in [0, 0.1) is 12.8 Å². The van der Waals surface area contributed by atoms with Crippen molar-refractivity contribution in [3.8, 4) is 0 Å². The van der Waals surface area contributed by atoms with Gasteiger partial charge in [-0.2, -0.15) is 0 Å². The smallest absolute Gasteiger partial charge is 0.0334 e. The predicted octanol–water partition coefficient (Wildman–Crippen LogP) is 5.61. The van der Waals surface area contributed by atoms with Crippen molar-refractivity contribution in [2.24, 2.45) is 5.92 Å². The predicted molar refractivity (Wildman–Crippen MR) is 87.1 cm³/mol. The Hall–Kier alpha value is 0.140.